The zero-order valence-electron chi connectivity index (χ0n) is 27.4. The Morgan fingerprint density at radius 3 is 1.76 bits per heavy atom. The summed E-state index contributed by atoms with van der Waals surface area (Å²) in [6.45, 7) is 14.0. The monoisotopic (exact) mass is 641 g/mol. The van der Waals surface area contributed by atoms with Gasteiger partial charge in [-0.05, 0) is 113 Å². The van der Waals surface area contributed by atoms with E-state index in [0.29, 0.717) is 49.3 Å². The van der Waals surface area contributed by atoms with Gasteiger partial charge in [-0.25, -0.2) is 9.59 Å². The largest absolute Gasteiger partial charge is 0.444 e. The lowest BCUT2D eigenvalue weighted by atomic mass is 9.94. The van der Waals surface area contributed by atoms with E-state index in [0.717, 1.165) is 22.8 Å². The quantitative estimate of drug-likeness (QED) is 0.363. The Balaban J connectivity index is 1.46. The molecule has 0 unspecified atom stereocenters. The van der Waals surface area contributed by atoms with Gasteiger partial charge in [0.2, 0.25) is 0 Å². The minimum atomic E-state index is -4.76. The summed E-state index contributed by atoms with van der Waals surface area (Å²) in [5, 5.41) is 2.62. The van der Waals surface area contributed by atoms with Gasteiger partial charge >= 0.3 is 18.4 Å². The lowest BCUT2D eigenvalue weighted by Gasteiger charge is -2.30. The molecule has 0 saturated heterocycles. The van der Waals surface area contributed by atoms with E-state index in [1.165, 1.54) is 17.0 Å². The maximum absolute atomic E-state index is 14.2. The summed E-state index contributed by atoms with van der Waals surface area (Å²) < 4.78 is 53.4. The first-order valence-corrected chi connectivity index (χ1v) is 15.3. The van der Waals surface area contributed by atoms with Gasteiger partial charge in [-0.15, -0.1) is 0 Å². The van der Waals surface area contributed by atoms with Gasteiger partial charge in [-0.3, -0.25) is 4.79 Å². The zero-order valence-corrected chi connectivity index (χ0v) is 27.4. The molecule has 2 heterocycles. The fourth-order valence-electron chi connectivity index (χ4n) is 5.31. The number of alkyl halides is 3. The second-order valence-corrected chi connectivity index (χ2v) is 13.6. The van der Waals surface area contributed by atoms with E-state index >= 15 is 0 Å². The zero-order chi connectivity index (χ0) is 34.0. The van der Waals surface area contributed by atoms with Crippen molar-refractivity contribution in [2.24, 2.45) is 0 Å². The third-order valence-corrected chi connectivity index (χ3v) is 7.49. The van der Waals surface area contributed by atoms with Crippen molar-refractivity contribution >= 4 is 34.9 Å². The van der Waals surface area contributed by atoms with Crippen LogP contribution in [0.3, 0.4) is 0 Å². The summed E-state index contributed by atoms with van der Waals surface area (Å²) in [6, 6.07) is 8.90. The maximum atomic E-state index is 14.2. The average molecular weight is 642 g/mol. The van der Waals surface area contributed by atoms with Crippen LogP contribution in [0.2, 0.25) is 0 Å². The Bertz CT molecular complexity index is 1560. The van der Waals surface area contributed by atoms with Gasteiger partial charge in [0.05, 0.1) is 11.1 Å². The number of hydrogen-bond donors (Lipinski definition) is 1. The van der Waals surface area contributed by atoms with E-state index in [4.69, 9.17) is 9.47 Å². The van der Waals surface area contributed by atoms with Crippen molar-refractivity contribution in [2.75, 3.05) is 31.5 Å². The van der Waals surface area contributed by atoms with Gasteiger partial charge in [-0.1, -0.05) is 24.3 Å². The number of aryl methyl sites for hydroxylation is 1. The van der Waals surface area contributed by atoms with Crippen LogP contribution in [-0.4, -0.2) is 65.3 Å². The summed E-state index contributed by atoms with van der Waals surface area (Å²) in [5.41, 5.74) is 1.44. The van der Waals surface area contributed by atoms with Crippen LogP contribution in [0.5, 0.6) is 0 Å². The molecule has 0 aliphatic carbocycles. The second-order valence-electron chi connectivity index (χ2n) is 13.6. The van der Waals surface area contributed by atoms with Crippen LogP contribution >= 0.6 is 0 Å². The van der Waals surface area contributed by atoms with Gasteiger partial charge in [0, 0.05) is 31.9 Å². The fourth-order valence-corrected chi connectivity index (χ4v) is 5.31. The van der Waals surface area contributed by atoms with E-state index in [1.54, 1.807) is 43.9 Å². The van der Waals surface area contributed by atoms with E-state index in [-0.39, 0.29) is 12.6 Å². The number of ether oxygens (including phenoxy) is 2. The van der Waals surface area contributed by atoms with Crippen molar-refractivity contribution in [2.45, 2.75) is 78.7 Å². The summed E-state index contributed by atoms with van der Waals surface area (Å²) in [4.78, 5) is 41.0. The van der Waals surface area contributed by atoms with E-state index < -0.39 is 40.5 Å². The highest BCUT2D eigenvalue weighted by Crippen LogP contribution is 2.36. The highest BCUT2D eigenvalue weighted by molar-refractivity contribution is 6.05. The first-order valence-electron chi connectivity index (χ1n) is 15.3. The molecule has 11 heteroatoms. The SMILES string of the molecule is Cc1cc(NC(=O)c2ccc(C3=CCN(C(=O)OC(C)(C)C)CC3)cc2C(F)(F)F)ccc1C1=CCN(C(=O)OC(C)(C)C)CC1. The Kier molecular flexibility index (Phi) is 9.94. The predicted octanol–water partition coefficient (Wildman–Crippen LogP) is 8.31. The lowest BCUT2D eigenvalue weighted by Crippen LogP contribution is -2.39. The summed E-state index contributed by atoms with van der Waals surface area (Å²) in [5.74, 6) is -0.871. The molecule has 2 aliphatic heterocycles. The normalized spacial score (nSPS) is 16.0. The fraction of sp³-hybridized carbons (Fsp3) is 0.457. The van der Waals surface area contributed by atoms with Crippen molar-refractivity contribution in [3.63, 3.8) is 0 Å². The summed E-state index contributed by atoms with van der Waals surface area (Å²) in [7, 11) is 0. The number of halogens is 3. The van der Waals surface area contributed by atoms with Crippen molar-refractivity contribution in [1.82, 2.24) is 9.80 Å². The van der Waals surface area contributed by atoms with E-state index in [2.05, 4.69) is 5.32 Å². The minimum Gasteiger partial charge on any atom is -0.444 e. The molecule has 0 saturated carbocycles. The van der Waals surface area contributed by atoms with Crippen molar-refractivity contribution in [3.05, 3.63) is 76.4 Å². The molecular weight excluding hydrogens is 599 g/mol. The predicted molar refractivity (Wildman–Crippen MR) is 171 cm³/mol. The van der Waals surface area contributed by atoms with Crippen LogP contribution in [-0.2, 0) is 15.7 Å². The molecule has 2 aliphatic rings. The standard InChI is InChI=1S/C35H42F3N3O5/c1-22-20-26(9-11-27(22)24-14-18-41(19-15-24)32(44)46-34(5,6)7)39-30(42)28-10-8-25(21-29(28)35(36,37)38)23-12-16-40(17-13-23)31(43)45-33(2,3)4/h8-12,14,20-21H,13,15-19H2,1-7H3,(H,39,42). The van der Waals surface area contributed by atoms with Crippen LogP contribution in [0.1, 0.15) is 87.0 Å². The first-order chi connectivity index (χ1) is 21.3. The molecule has 0 atom stereocenters. The van der Waals surface area contributed by atoms with E-state index in [1.807, 2.05) is 39.8 Å². The van der Waals surface area contributed by atoms with Gasteiger partial charge < -0.3 is 24.6 Å². The third kappa shape index (κ3) is 8.92. The van der Waals surface area contributed by atoms with Gasteiger partial charge in [0.1, 0.15) is 11.2 Å². The van der Waals surface area contributed by atoms with Crippen LogP contribution in [0, 0.1) is 6.92 Å². The molecule has 0 radical (unpaired) electrons. The number of benzene rings is 2. The van der Waals surface area contributed by atoms with Crippen molar-refractivity contribution in [1.29, 1.82) is 0 Å². The van der Waals surface area contributed by atoms with E-state index in [9.17, 15) is 27.6 Å². The van der Waals surface area contributed by atoms with Gasteiger partial charge in [0.15, 0.2) is 0 Å². The molecule has 248 valence electrons. The topological polar surface area (TPSA) is 88.2 Å². The summed E-state index contributed by atoms with van der Waals surface area (Å²) in [6.07, 6.45) is -0.975. The molecule has 1 N–H and O–H groups in total. The van der Waals surface area contributed by atoms with Crippen LogP contribution < -0.4 is 5.32 Å². The van der Waals surface area contributed by atoms with Crippen LogP contribution in [0.15, 0.2) is 48.6 Å². The minimum absolute atomic E-state index is 0.210. The molecule has 0 spiro atoms. The smallest absolute Gasteiger partial charge is 0.417 e. The number of carbonyl (C=O) groups is 3. The number of rotatable bonds is 4. The van der Waals surface area contributed by atoms with Crippen molar-refractivity contribution in [3.8, 4) is 0 Å². The van der Waals surface area contributed by atoms with Gasteiger partial charge in [0.25, 0.3) is 5.91 Å². The first kappa shape index (κ1) is 34.6. The molecule has 2 aromatic carbocycles. The molecule has 46 heavy (non-hydrogen) atoms. The number of nitrogens with one attached hydrogen (secondary N) is 1. The molecule has 4 rings (SSSR count). The second kappa shape index (κ2) is 13.2. The van der Waals surface area contributed by atoms with Crippen molar-refractivity contribution < 1.29 is 37.0 Å². The number of nitrogens with zero attached hydrogens (tertiary/aromatic N) is 2. The van der Waals surface area contributed by atoms with Gasteiger partial charge in [-0.2, -0.15) is 13.2 Å². The van der Waals surface area contributed by atoms with Crippen LogP contribution in [0.4, 0.5) is 28.4 Å². The Labute approximate surface area is 268 Å². The number of amides is 3. The number of hydrogen-bond acceptors (Lipinski definition) is 5. The molecular formula is C35H42F3N3O5. The Hall–Kier alpha value is -4.28. The lowest BCUT2D eigenvalue weighted by molar-refractivity contribution is -0.137. The Morgan fingerprint density at radius 2 is 1.30 bits per heavy atom. The molecule has 0 fully saturated rings. The summed E-state index contributed by atoms with van der Waals surface area (Å²) >= 11 is 0. The molecule has 2 aromatic rings. The average Bonchev–Trinajstić information content (AvgIpc) is 2.95. The molecule has 3 amide bonds. The maximum Gasteiger partial charge on any atom is 0.417 e. The van der Waals surface area contributed by atoms with Crippen LogP contribution in [0.25, 0.3) is 11.1 Å². The highest BCUT2D eigenvalue weighted by Gasteiger charge is 2.36. The molecule has 0 bridgehead atoms. The highest BCUT2D eigenvalue weighted by atomic mass is 19.4. The third-order valence-electron chi connectivity index (χ3n) is 7.49. The molecule has 8 nitrogen and oxygen atoms in total. The Morgan fingerprint density at radius 1 is 0.761 bits per heavy atom. The molecule has 0 aromatic heterocycles. The number of carbonyl (C=O) groups excluding carboxylic acids is 3. The number of anilines is 1.